The minimum absolute atomic E-state index is 0.0562. The monoisotopic (exact) mass is 426 g/mol. The van der Waals surface area contributed by atoms with E-state index in [-0.39, 0.29) is 40.6 Å². The van der Waals surface area contributed by atoms with Crippen LogP contribution in [-0.2, 0) is 21.3 Å². The fourth-order valence-corrected chi connectivity index (χ4v) is 4.61. The number of halogens is 1. The number of benzene rings is 1. The van der Waals surface area contributed by atoms with E-state index >= 15 is 0 Å². The van der Waals surface area contributed by atoms with Gasteiger partial charge in [0, 0.05) is 25.8 Å². The van der Waals surface area contributed by atoms with E-state index in [1.165, 1.54) is 23.1 Å². The molecule has 9 heteroatoms. The summed E-state index contributed by atoms with van der Waals surface area (Å²) in [4.78, 5) is 14.1. The second-order valence-electron chi connectivity index (χ2n) is 6.81. The lowest BCUT2D eigenvalue weighted by Gasteiger charge is -2.17. The highest BCUT2D eigenvalue weighted by molar-refractivity contribution is 7.89. The van der Waals surface area contributed by atoms with Gasteiger partial charge in [-0.15, -0.1) is 0 Å². The summed E-state index contributed by atoms with van der Waals surface area (Å²) in [6.07, 6.45) is 1.59. The maximum absolute atomic E-state index is 12.7. The largest absolute Gasteiger partial charge is 0.464 e. The van der Waals surface area contributed by atoms with E-state index in [2.05, 4.69) is 4.72 Å². The van der Waals surface area contributed by atoms with Crippen molar-refractivity contribution in [3.05, 3.63) is 52.4 Å². The molecular formula is C19H23ClN2O5S. The highest BCUT2D eigenvalue weighted by atomic mass is 35.5. The standard InChI is InChI=1S/C19H23ClN2O5S/c1-13-5-7-16(27-13)12-22(2)19(23)14-6-8-17(20)18(10-14)28(24,25)21-11-15-4-3-9-26-15/h5-8,10,15,21H,3-4,9,11-12H2,1-2H3. The molecule has 1 aliphatic heterocycles. The second kappa shape index (κ2) is 8.65. The lowest BCUT2D eigenvalue weighted by molar-refractivity contribution is 0.0774. The molecule has 0 radical (unpaired) electrons. The van der Waals surface area contributed by atoms with E-state index in [9.17, 15) is 13.2 Å². The molecule has 7 nitrogen and oxygen atoms in total. The van der Waals surface area contributed by atoms with E-state index < -0.39 is 10.0 Å². The molecule has 1 atom stereocenters. The van der Waals surface area contributed by atoms with Crippen LogP contribution < -0.4 is 4.72 Å². The van der Waals surface area contributed by atoms with Crippen LogP contribution in [0.1, 0.15) is 34.7 Å². The van der Waals surface area contributed by atoms with Crippen LogP contribution in [0.5, 0.6) is 0 Å². The van der Waals surface area contributed by atoms with Gasteiger partial charge in [-0.25, -0.2) is 13.1 Å². The van der Waals surface area contributed by atoms with Gasteiger partial charge in [-0.1, -0.05) is 11.6 Å². The summed E-state index contributed by atoms with van der Waals surface area (Å²) in [6, 6.07) is 7.84. The van der Waals surface area contributed by atoms with Crippen molar-refractivity contribution in [2.24, 2.45) is 0 Å². The molecule has 0 bridgehead atoms. The van der Waals surface area contributed by atoms with Gasteiger partial charge in [0.25, 0.3) is 5.91 Å². The van der Waals surface area contributed by atoms with Crippen LogP contribution >= 0.6 is 11.6 Å². The number of carbonyl (C=O) groups is 1. The van der Waals surface area contributed by atoms with Gasteiger partial charge in [0.15, 0.2) is 0 Å². The lowest BCUT2D eigenvalue weighted by atomic mass is 10.2. The molecule has 0 spiro atoms. The van der Waals surface area contributed by atoms with Crippen molar-refractivity contribution in [2.75, 3.05) is 20.2 Å². The van der Waals surface area contributed by atoms with Crippen molar-refractivity contribution in [3.8, 4) is 0 Å². The molecule has 0 saturated carbocycles. The number of rotatable bonds is 7. The number of hydrogen-bond donors (Lipinski definition) is 1. The average molecular weight is 427 g/mol. The highest BCUT2D eigenvalue weighted by Gasteiger charge is 2.24. The Morgan fingerprint density at radius 2 is 2.11 bits per heavy atom. The maximum atomic E-state index is 12.7. The SMILES string of the molecule is Cc1ccc(CN(C)C(=O)c2ccc(Cl)c(S(=O)(=O)NCC3CCCO3)c2)o1. The van der Waals surface area contributed by atoms with Gasteiger partial charge in [-0.05, 0) is 50.1 Å². The quantitative estimate of drug-likeness (QED) is 0.735. The van der Waals surface area contributed by atoms with Crippen LogP contribution in [0.15, 0.2) is 39.6 Å². The van der Waals surface area contributed by atoms with Gasteiger partial charge in [-0.3, -0.25) is 4.79 Å². The molecule has 2 aromatic rings. The van der Waals surface area contributed by atoms with Gasteiger partial charge in [0.2, 0.25) is 10.0 Å². The predicted molar refractivity (Wildman–Crippen MR) is 105 cm³/mol. The third-order valence-electron chi connectivity index (χ3n) is 4.53. The Morgan fingerprint density at radius 1 is 1.32 bits per heavy atom. The molecule has 1 amide bonds. The number of hydrogen-bond acceptors (Lipinski definition) is 5. The Balaban J connectivity index is 1.74. The molecule has 1 aromatic heterocycles. The van der Waals surface area contributed by atoms with Gasteiger partial charge >= 0.3 is 0 Å². The first-order chi connectivity index (χ1) is 13.3. The van der Waals surface area contributed by atoms with Crippen molar-refractivity contribution in [1.82, 2.24) is 9.62 Å². The first kappa shape index (κ1) is 20.9. The molecule has 152 valence electrons. The number of amides is 1. The maximum Gasteiger partial charge on any atom is 0.254 e. The number of ether oxygens (including phenoxy) is 1. The zero-order valence-electron chi connectivity index (χ0n) is 15.8. The molecule has 1 aromatic carbocycles. The molecule has 1 N–H and O–H groups in total. The van der Waals surface area contributed by atoms with E-state index in [0.29, 0.717) is 12.4 Å². The zero-order chi connectivity index (χ0) is 20.3. The van der Waals surface area contributed by atoms with Crippen molar-refractivity contribution in [2.45, 2.75) is 37.3 Å². The van der Waals surface area contributed by atoms with Crippen molar-refractivity contribution < 1.29 is 22.4 Å². The number of furan rings is 1. The van der Waals surface area contributed by atoms with Crippen molar-refractivity contribution in [3.63, 3.8) is 0 Å². The number of aryl methyl sites for hydroxylation is 1. The molecule has 1 fully saturated rings. The lowest BCUT2D eigenvalue weighted by Crippen LogP contribution is -2.32. The first-order valence-corrected chi connectivity index (χ1v) is 10.8. The van der Waals surface area contributed by atoms with Gasteiger partial charge in [-0.2, -0.15) is 0 Å². The Kier molecular flexibility index (Phi) is 6.44. The minimum Gasteiger partial charge on any atom is -0.464 e. The average Bonchev–Trinajstić information content (AvgIpc) is 3.31. The van der Waals surface area contributed by atoms with Gasteiger partial charge in [0.05, 0.1) is 17.7 Å². The van der Waals surface area contributed by atoms with Crippen molar-refractivity contribution >= 4 is 27.5 Å². The van der Waals surface area contributed by atoms with Crippen LogP contribution in [0.25, 0.3) is 0 Å². The highest BCUT2D eigenvalue weighted by Crippen LogP contribution is 2.24. The van der Waals surface area contributed by atoms with Crippen LogP contribution in [0.4, 0.5) is 0 Å². The van der Waals surface area contributed by atoms with Crippen LogP contribution in [0.3, 0.4) is 0 Å². The van der Waals surface area contributed by atoms with Crippen LogP contribution in [-0.4, -0.2) is 45.5 Å². The fraction of sp³-hybridized carbons (Fsp3) is 0.421. The third kappa shape index (κ3) is 4.94. The summed E-state index contributed by atoms with van der Waals surface area (Å²) in [6.45, 7) is 2.91. The fourth-order valence-electron chi connectivity index (χ4n) is 3.02. The van der Waals surface area contributed by atoms with Gasteiger partial charge < -0.3 is 14.1 Å². The van der Waals surface area contributed by atoms with Crippen molar-refractivity contribution in [1.29, 1.82) is 0 Å². The summed E-state index contributed by atoms with van der Waals surface area (Å²) in [5.74, 6) is 1.07. The number of sulfonamides is 1. The summed E-state index contributed by atoms with van der Waals surface area (Å²) in [5.41, 5.74) is 0.229. The third-order valence-corrected chi connectivity index (χ3v) is 6.43. The normalized spacial score (nSPS) is 17.0. The topological polar surface area (TPSA) is 88.9 Å². The second-order valence-corrected chi connectivity index (χ2v) is 8.95. The molecule has 1 unspecified atom stereocenters. The Hall–Kier alpha value is -1.87. The van der Waals surface area contributed by atoms with Gasteiger partial charge in [0.1, 0.15) is 16.4 Å². The smallest absolute Gasteiger partial charge is 0.254 e. The Bertz CT molecular complexity index is 951. The number of nitrogens with zero attached hydrogens (tertiary/aromatic N) is 1. The molecule has 2 heterocycles. The molecule has 1 aliphatic rings. The first-order valence-electron chi connectivity index (χ1n) is 8.98. The molecule has 28 heavy (non-hydrogen) atoms. The number of carbonyl (C=O) groups excluding carboxylic acids is 1. The Morgan fingerprint density at radius 3 is 2.75 bits per heavy atom. The van der Waals surface area contributed by atoms with Crippen LogP contribution in [0, 0.1) is 6.92 Å². The van der Waals surface area contributed by atoms with E-state index in [4.69, 9.17) is 20.8 Å². The van der Waals surface area contributed by atoms with E-state index in [0.717, 1.165) is 18.6 Å². The minimum atomic E-state index is -3.87. The summed E-state index contributed by atoms with van der Waals surface area (Å²) in [7, 11) is -2.24. The predicted octanol–water partition coefficient (Wildman–Crippen LogP) is 2.97. The zero-order valence-corrected chi connectivity index (χ0v) is 17.3. The van der Waals surface area contributed by atoms with E-state index in [1.54, 1.807) is 13.1 Å². The molecule has 0 aliphatic carbocycles. The molecule has 1 saturated heterocycles. The summed E-state index contributed by atoms with van der Waals surface area (Å²) in [5, 5.41) is 0.0562. The van der Waals surface area contributed by atoms with Crippen LogP contribution in [0.2, 0.25) is 5.02 Å². The molecular weight excluding hydrogens is 404 g/mol. The summed E-state index contributed by atoms with van der Waals surface area (Å²) >= 11 is 6.10. The summed E-state index contributed by atoms with van der Waals surface area (Å²) < 4.78 is 38.8. The Labute approximate surface area is 169 Å². The molecule has 3 rings (SSSR count). The van der Waals surface area contributed by atoms with E-state index in [1.807, 2.05) is 13.0 Å². The number of nitrogens with one attached hydrogen (secondary N) is 1.